The van der Waals surface area contributed by atoms with Crippen molar-refractivity contribution in [3.8, 4) is 17.2 Å². The maximum absolute atomic E-state index is 13.0. The van der Waals surface area contributed by atoms with Crippen molar-refractivity contribution in [3.05, 3.63) is 53.6 Å². The van der Waals surface area contributed by atoms with Crippen molar-refractivity contribution < 1.29 is 28.2 Å². The van der Waals surface area contributed by atoms with Gasteiger partial charge in [0.1, 0.15) is 11.8 Å². The van der Waals surface area contributed by atoms with Crippen LogP contribution in [0.3, 0.4) is 0 Å². The van der Waals surface area contributed by atoms with Crippen LogP contribution in [0.5, 0.6) is 17.2 Å². The van der Waals surface area contributed by atoms with Crippen LogP contribution in [0.1, 0.15) is 30.0 Å². The minimum atomic E-state index is -2.10. The van der Waals surface area contributed by atoms with Crippen LogP contribution in [0.4, 0.5) is 0 Å². The van der Waals surface area contributed by atoms with E-state index in [1.165, 1.54) is 0 Å². The molecule has 0 aromatic heterocycles. The number of hydrogen-bond acceptors (Lipinski definition) is 6. The largest absolute Gasteiger partial charge is 0.518 e. The van der Waals surface area contributed by atoms with E-state index in [4.69, 9.17) is 18.6 Å². The van der Waals surface area contributed by atoms with Crippen molar-refractivity contribution in [2.75, 3.05) is 13.9 Å². The highest BCUT2D eigenvalue weighted by atomic mass is 28.4. The van der Waals surface area contributed by atoms with Crippen LogP contribution in [0.2, 0.25) is 19.6 Å². The predicted octanol–water partition coefficient (Wildman–Crippen LogP) is 3.88. The molecule has 1 amide bonds. The lowest BCUT2D eigenvalue weighted by atomic mass is 9.95. The van der Waals surface area contributed by atoms with E-state index in [-0.39, 0.29) is 18.7 Å². The molecule has 0 radical (unpaired) electrons. The molecule has 0 bridgehead atoms. The maximum Gasteiger partial charge on any atom is 0.315 e. The standard InChI is InChI=1S/C23H27NO6Si/c1-27-17-8-5-15(6-9-17)22(16-7-11-19-20(13-16)29-14-28-19)24-18(10-12-21(24)25)23(26)30-31(2,3)4/h5-9,11,13,18,22H,10,12,14H2,1-4H3. The van der Waals surface area contributed by atoms with E-state index in [2.05, 4.69) is 0 Å². The van der Waals surface area contributed by atoms with E-state index in [0.29, 0.717) is 24.3 Å². The van der Waals surface area contributed by atoms with Crippen LogP contribution in [0, 0.1) is 0 Å². The Kier molecular flexibility index (Phi) is 5.66. The molecule has 2 atom stereocenters. The zero-order valence-electron chi connectivity index (χ0n) is 18.2. The highest BCUT2D eigenvalue weighted by Gasteiger charge is 2.43. The minimum absolute atomic E-state index is 0.0731. The molecule has 1 saturated heterocycles. The highest BCUT2D eigenvalue weighted by Crippen LogP contribution is 2.41. The molecule has 0 N–H and O–H groups in total. The van der Waals surface area contributed by atoms with Gasteiger partial charge < -0.3 is 23.5 Å². The summed E-state index contributed by atoms with van der Waals surface area (Å²) in [5, 5.41) is 0. The summed E-state index contributed by atoms with van der Waals surface area (Å²) in [5.74, 6) is 1.61. The van der Waals surface area contributed by atoms with Gasteiger partial charge in [0, 0.05) is 6.42 Å². The number of fused-ring (bicyclic) bond motifs is 1. The lowest BCUT2D eigenvalue weighted by molar-refractivity contribution is -0.145. The summed E-state index contributed by atoms with van der Waals surface area (Å²) < 4.78 is 22.1. The molecule has 0 aliphatic carbocycles. The Labute approximate surface area is 183 Å². The van der Waals surface area contributed by atoms with Crippen molar-refractivity contribution in [1.29, 1.82) is 0 Å². The average molecular weight is 442 g/mol. The molecule has 31 heavy (non-hydrogen) atoms. The second-order valence-corrected chi connectivity index (χ2v) is 13.1. The fourth-order valence-electron chi connectivity index (χ4n) is 4.01. The SMILES string of the molecule is COc1ccc(C(c2ccc3c(c2)OCO3)N2C(=O)CCC2C(=O)O[Si](C)(C)C)cc1. The molecule has 1 fully saturated rings. The molecule has 0 spiro atoms. The molecule has 2 unspecified atom stereocenters. The Morgan fingerprint density at radius 2 is 1.74 bits per heavy atom. The van der Waals surface area contributed by atoms with Crippen molar-refractivity contribution >= 4 is 20.2 Å². The van der Waals surface area contributed by atoms with Crippen LogP contribution < -0.4 is 14.2 Å². The second kappa shape index (κ2) is 8.26. The summed E-state index contributed by atoms with van der Waals surface area (Å²) in [4.78, 5) is 27.7. The van der Waals surface area contributed by atoms with E-state index >= 15 is 0 Å². The third-order valence-corrected chi connectivity index (χ3v) is 6.17. The van der Waals surface area contributed by atoms with E-state index < -0.39 is 20.4 Å². The number of rotatable bonds is 6. The van der Waals surface area contributed by atoms with Crippen LogP contribution in [0.25, 0.3) is 0 Å². The topological polar surface area (TPSA) is 74.3 Å². The number of likely N-dealkylation sites (tertiary alicyclic amines) is 1. The first-order valence-electron chi connectivity index (χ1n) is 10.3. The molecular weight excluding hydrogens is 414 g/mol. The Hall–Kier alpha value is -3.00. The predicted molar refractivity (Wildman–Crippen MR) is 117 cm³/mol. The summed E-state index contributed by atoms with van der Waals surface area (Å²) in [6.45, 7) is 6.06. The molecule has 2 heterocycles. The monoisotopic (exact) mass is 441 g/mol. The van der Waals surface area contributed by atoms with Crippen molar-refractivity contribution in [2.45, 2.75) is 44.6 Å². The van der Waals surface area contributed by atoms with Crippen molar-refractivity contribution in [1.82, 2.24) is 4.90 Å². The third kappa shape index (κ3) is 4.39. The van der Waals surface area contributed by atoms with Gasteiger partial charge in [-0.1, -0.05) is 18.2 Å². The van der Waals surface area contributed by atoms with Crippen molar-refractivity contribution in [2.24, 2.45) is 0 Å². The zero-order chi connectivity index (χ0) is 22.2. The normalized spacial score (nSPS) is 18.8. The molecule has 2 aromatic carbocycles. The lowest BCUT2D eigenvalue weighted by Crippen LogP contribution is -2.45. The molecular formula is C23H27NO6Si. The second-order valence-electron chi connectivity index (χ2n) is 8.68. The highest BCUT2D eigenvalue weighted by molar-refractivity contribution is 6.71. The molecule has 164 valence electrons. The Morgan fingerprint density at radius 3 is 2.42 bits per heavy atom. The number of carbonyl (C=O) groups excluding carboxylic acids is 2. The van der Waals surface area contributed by atoms with Gasteiger partial charge in [0.2, 0.25) is 21.0 Å². The smallest absolute Gasteiger partial charge is 0.315 e. The average Bonchev–Trinajstić information content (AvgIpc) is 3.34. The molecule has 4 rings (SSSR count). The van der Waals surface area contributed by atoms with Crippen LogP contribution >= 0.6 is 0 Å². The summed E-state index contributed by atoms with van der Waals surface area (Å²) >= 11 is 0. The van der Waals surface area contributed by atoms with Crippen LogP contribution in [0.15, 0.2) is 42.5 Å². The number of nitrogens with zero attached hydrogens (tertiary/aromatic N) is 1. The number of carbonyl (C=O) groups is 2. The summed E-state index contributed by atoms with van der Waals surface area (Å²) in [6, 6.07) is 12.1. The number of hydrogen-bond donors (Lipinski definition) is 0. The van der Waals surface area contributed by atoms with Gasteiger partial charge in [0.25, 0.3) is 0 Å². The van der Waals surface area contributed by atoms with E-state index in [1.54, 1.807) is 12.0 Å². The summed E-state index contributed by atoms with van der Waals surface area (Å²) in [5.41, 5.74) is 1.72. The minimum Gasteiger partial charge on any atom is -0.518 e. The van der Waals surface area contributed by atoms with E-state index in [9.17, 15) is 9.59 Å². The van der Waals surface area contributed by atoms with Gasteiger partial charge >= 0.3 is 5.97 Å². The summed E-state index contributed by atoms with van der Waals surface area (Å²) in [7, 11) is -0.492. The molecule has 8 heteroatoms. The number of ether oxygens (including phenoxy) is 3. The quantitative estimate of drug-likeness (QED) is 0.634. The Balaban J connectivity index is 1.77. The van der Waals surface area contributed by atoms with Crippen LogP contribution in [-0.2, 0) is 14.0 Å². The Morgan fingerprint density at radius 1 is 1.06 bits per heavy atom. The maximum atomic E-state index is 13.0. The number of benzene rings is 2. The van der Waals surface area contributed by atoms with Gasteiger partial charge in [0.15, 0.2) is 11.5 Å². The molecule has 7 nitrogen and oxygen atoms in total. The first-order valence-corrected chi connectivity index (χ1v) is 13.7. The number of methoxy groups -OCH3 is 1. The summed E-state index contributed by atoms with van der Waals surface area (Å²) in [6.07, 6.45) is 0.752. The number of amides is 1. The first kappa shape index (κ1) is 21.2. The first-order chi connectivity index (χ1) is 14.8. The molecule has 2 aromatic rings. The fraction of sp³-hybridized carbons (Fsp3) is 0.391. The third-order valence-electron chi connectivity index (χ3n) is 5.36. The van der Waals surface area contributed by atoms with E-state index in [1.807, 2.05) is 62.1 Å². The molecule has 2 aliphatic heterocycles. The van der Waals surface area contributed by atoms with Gasteiger partial charge in [0.05, 0.1) is 13.2 Å². The zero-order valence-corrected chi connectivity index (χ0v) is 19.2. The van der Waals surface area contributed by atoms with Crippen LogP contribution in [-0.4, -0.2) is 45.0 Å². The Bertz CT molecular complexity index is 985. The van der Waals surface area contributed by atoms with Gasteiger partial charge in [-0.3, -0.25) is 9.59 Å². The van der Waals surface area contributed by atoms with E-state index in [0.717, 1.165) is 16.9 Å². The van der Waals surface area contributed by atoms with Gasteiger partial charge in [-0.15, -0.1) is 0 Å². The van der Waals surface area contributed by atoms with Crippen molar-refractivity contribution in [3.63, 3.8) is 0 Å². The lowest BCUT2D eigenvalue weighted by Gasteiger charge is -2.34. The molecule has 2 aliphatic rings. The molecule has 0 saturated carbocycles. The van der Waals surface area contributed by atoms with Gasteiger partial charge in [-0.2, -0.15) is 0 Å². The van der Waals surface area contributed by atoms with Gasteiger partial charge in [-0.25, -0.2) is 0 Å². The fourth-order valence-corrected chi connectivity index (χ4v) is 4.75. The van der Waals surface area contributed by atoms with Gasteiger partial charge in [-0.05, 0) is 61.5 Å².